The van der Waals surface area contributed by atoms with Crippen LogP contribution in [-0.2, 0) is 20.9 Å². The summed E-state index contributed by atoms with van der Waals surface area (Å²) in [4.78, 5) is 59.6. The third kappa shape index (κ3) is 7.38. The van der Waals surface area contributed by atoms with E-state index in [1.54, 1.807) is 17.0 Å². The second-order valence-corrected chi connectivity index (χ2v) is 13.4. The first kappa shape index (κ1) is 31.2. The Hall–Kier alpha value is -3.79. The molecular formula is C35H44FN5O4. The predicted molar refractivity (Wildman–Crippen MR) is 168 cm³/mol. The monoisotopic (exact) mass is 617 g/mol. The number of carbonyl (C=O) groups is 4. The summed E-state index contributed by atoms with van der Waals surface area (Å²) in [6, 6.07) is 18.5. The van der Waals surface area contributed by atoms with Crippen molar-refractivity contribution in [1.29, 1.82) is 0 Å². The zero-order valence-corrected chi connectivity index (χ0v) is 25.8. The number of amides is 4. The van der Waals surface area contributed by atoms with Crippen LogP contribution in [0.5, 0.6) is 0 Å². The van der Waals surface area contributed by atoms with Crippen LogP contribution in [0.4, 0.5) is 4.39 Å². The summed E-state index contributed by atoms with van der Waals surface area (Å²) >= 11 is 0. The molecule has 4 atom stereocenters. The number of carbonyl (C=O) groups excluding carboxylic acids is 4. The fourth-order valence-corrected chi connectivity index (χ4v) is 7.75. The molecule has 2 aromatic rings. The number of fused-ring (bicyclic) bond motifs is 2. The van der Waals surface area contributed by atoms with E-state index >= 15 is 0 Å². The maximum absolute atomic E-state index is 14.8. The fraction of sp³-hybridized carbons (Fsp3) is 0.543. The summed E-state index contributed by atoms with van der Waals surface area (Å²) in [6.45, 7) is 3.65. The highest BCUT2D eigenvalue weighted by Gasteiger charge is 2.46. The summed E-state index contributed by atoms with van der Waals surface area (Å²) in [7, 11) is 0. The Morgan fingerprint density at radius 2 is 1.60 bits per heavy atom. The maximum Gasteiger partial charge on any atom is 0.253 e. The van der Waals surface area contributed by atoms with Crippen molar-refractivity contribution < 1.29 is 23.6 Å². The molecule has 2 N–H and O–H groups in total. The molecule has 4 fully saturated rings. The first-order valence-corrected chi connectivity index (χ1v) is 16.4. The third-order valence-electron chi connectivity index (χ3n) is 10.3. The summed E-state index contributed by atoms with van der Waals surface area (Å²) in [5.41, 5.74) is 0.948. The Morgan fingerprint density at radius 3 is 2.33 bits per heavy atom. The van der Waals surface area contributed by atoms with Crippen molar-refractivity contribution in [2.45, 2.75) is 69.2 Å². The smallest absolute Gasteiger partial charge is 0.253 e. The molecule has 0 radical (unpaired) electrons. The van der Waals surface area contributed by atoms with E-state index in [4.69, 9.17) is 0 Å². The zero-order chi connectivity index (χ0) is 31.4. The van der Waals surface area contributed by atoms with Gasteiger partial charge in [0.1, 0.15) is 12.2 Å². The van der Waals surface area contributed by atoms with E-state index in [9.17, 15) is 23.6 Å². The Balaban J connectivity index is 1.18. The summed E-state index contributed by atoms with van der Waals surface area (Å²) in [5, 5.41) is 6.21. The van der Waals surface area contributed by atoms with Gasteiger partial charge in [-0.2, -0.15) is 0 Å². The molecule has 6 rings (SSSR count). The van der Waals surface area contributed by atoms with E-state index in [-0.39, 0.29) is 55.4 Å². The minimum absolute atomic E-state index is 0.0442. The Morgan fingerprint density at radius 1 is 0.889 bits per heavy atom. The number of hydrogen-bond donors (Lipinski definition) is 2. The maximum atomic E-state index is 14.8. The molecule has 2 aromatic carbocycles. The lowest BCUT2D eigenvalue weighted by atomic mass is 9.80. The highest BCUT2D eigenvalue weighted by molar-refractivity contribution is 5.94. The molecule has 4 aliphatic rings. The van der Waals surface area contributed by atoms with Gasteiger partial charge in [0.15, 0.2) is 0 Å². The van der Waals surface area contributed by atoms with Crippen molar-refractivity contribution in [3.05, 3.63) is 71.8 Å². The first-order chi connectivity index (χ1) is 21.8. The fourth-order valence-electron chi connectivity index (χ4n) is 7.75. The molecule has 4 heterocycles. The zero-order valence-electron chi connectivity index (χ0n) is 25.8. The molecule has 4 saturated heterocycles. The lowest BCUT2D eigenvalue weighted by Crippen LogP contribution is -2.61. The van der Waals surface area contributed by atoms with Gasteiger partial charge >= 0.3 is 0 Å². The summed E-state index contributed by atoms with van der Waals surface area (Å²) < 4.78 is 14.8. The number of hydrogen-bond acceptors (Lipinski definition) is 5. The van der Waals surface area contributed by atoms with Crippen molar-refractivity contribution in [2.75, 3.05) is 39.3 Å². The lowest BCUT2D eigenvalue weighted by molar-refractivity contribution is -0.141. The van der Waals surface area contributed by atoms with Crippen LogP contribution in [0.25, 0.3) is 0 Å². The van der Waals surface area contributed by atoms with Crippen LogP contribution in [-0.4, -0.2) is 95.3 Å². The topological polar surface area (TPSA) is 102 Å². The van der Waals surface area contributed by atoms with Crippen LogP contribution in [0.1, 0.15) is 60.9 Å². The number of likely N-dealkylation sites (tertiary alicyclic amines) is 2. The quantitative estimate of drug-likeness (QED) is 0.551. The molecule has 0 unspecified atom stereocenters. The average molecular weight is 618 g/mol. The van der Waals surface area contributed by atoms with Gasteiger partial charge in [-0.15, -0.1) is 0 Å². The van der Waals surface area contributed by atoms with E-state index < -0.39 is 23.7 Å². The van der Waals surface area contributed by atoms with Crippen molar-refractivity contribution in [2.24, 2.45) is 11.8 Å². The molecule has 1 spiro atoms. The molecule has 240 valence electrons. The molecule has 45 heavy (non-hydrogen) atoms. The Bertz CT molecular complexity index is 1370. The van der Waals surface area contributed by atoms with Crippen molar-refractivity contribution in [3.8, 4) is 0 Å². The molecule has 0 saturated carbocycles. The molecule has 4 amide bonds. The van der Waals surface area contributed by atoms with Gasteiger partial charge in [-0.05, 0) is 61.8 Å². The second-order valence-electron chi connectivity index (χ2n) is 13.4. The number of rotatable bonds is 3. The van der Waals surface area contributed by atoms with Crippen molar-refractivity contribution in [3.63, 3.8) is 0 Å². The molecule has 0 aromatic heterocycles. The van der Waals surface area contributed by atoms with E-state index in [2.05, 4.69) is 27.7 Å². The average Bonchev–Trinajstić information content (AvgIpc) is 3.45. The minimum atomic E-state index is -1.27. The van der Waals surface area contributed by atoms with Crippen LogP contribution >= 0.6 is 0 Å². The van der Waals surface area contributed by atoms with Crippen LogP contribution in [0.3, 0.4) is 0 Å². The summed E-state index contributed by atoms with van der Waals surface area (Å²) in [6.07, 6.45) is 1.39. The predicted octanol–water partition coefficient (Wildman–Crippen LogP) is 3.16. The number of halogens is 1. The highest BCUT2D eigenvalue weighted by Crippen LogP contribution is 2.34. The lowest BCUT2D eigenvalue weighted by Gasteiger charge is -2.43. The van der Waals surface area contributed by atoms with E-state index in [1.165, 1.54) is 10.5 Å². The van der Waals surface area contributed by atoms with E-state index in [1.807, 2.05) is 36.4 Å². The number of alkyl halides is 1. The van der Waals surface area contributed by atoms with Crippen LogP contribution < -0.4 is 10.6 Å². The van der Waals surface area contributed by atoms with E-state index in [0.717, 1.165) is 32.5 Å². The second kappa shape index (κ2) is 13.7. The molecule has 0 bridgehead atoms. The number of nitrogens with one attached hydrogen (secondary N) is 2. The van der Waals surface area contributed by atoms with Gasteiger partial charge in [0, 0.05) is 57.5 Å². The normalized spacial score (nSPS) is 28.1. The van der Waals surface area contributed by atoms with E-state index in [0.29, 0.717) is 38.0 Å². The van der Waals surface area contributed by atoms with Gasteiger partial charge in [-0.3, -0.25) is 24.1 Å². The van der Waals surface area contributed by atoms with Crippen LogP contribution in [0, 0.1) is 11.8 Å². The summed E-state index contributed by atoms with van der Waals surface area (Å²) in [5.74, 6) is -0.521. The van der Waals surface area contributed by atoms with Gasteiger partial charge in [-0.25, -0.2) is 4.39 Å². The SMILES string of the molecule is O=C1CC2(CCN(C(=O)c3ccccc3)CC2)NC(=O)[C@@H]2C[C@H](F)CN2C(=O)C[C@@H]2CCN(Cc3ccccc3)C[C@@H]2CCN1. The largest absolute Gasteiger partial charge is 0.356 e. The van der Waals surface area contributed by atoms with Gasteiger partial charge < -0.3 is 20.4 Å². The van der Waals surface area contributed by atoms with Crippen LogP contribution in [0.2, 0.25) is 0 Å². The molecule has 9 nitrogen and oxygen atoms in total. The standard InChI is InChI=1S/C35H44FN5O4/c36-29-20-30-33(44)38-35(13-17-40(18-14-35)34(45)26-9-5-2-6-10-26)21-31(42)37-15-11-28-23-39(22-25-7-3-1-4-8-25)16-12-27(28)19-32(43)41(30)24-29/h1-10,27-30H,11-24H2,(H,37,42)(H,38,44)/t27-,28-,29-,30-/m0/s1. The minimum Gasteiger partial charge on any atom is -0.356 e. The van der Waals surface area contributed by atoms with Crippen LogP contribution in [0.15, 0.2) is 60.7 Å². The molecule has 10 heteroatoms. The van der Waals surface area contributed by atoms with Gasteiger partial charge in [-0.1, -0.05) is 48.5 Å². The number of piperidine rings is 2. The van der Waals surface area contributed by atoms with Crippen molar-refractivity contribution >= 4 is 23.6 Å². The third-order valence-corrected chi connectivity index (χ3v) is 10.3. The van der Waals surface area contributed by atoms with Gasteiger partial charge in [0.2, 0.25) is 17.7 Å². The Kier molecular flexibility index (Phi) is 9.49. The first-order valence-electron chi connectivity index (χ1n) is 16.4. The molecular weight excluding hydrogens is 573 g/mol. The van der Waals surface area contributed by atoms with Gasteiger partial charge in [0.05, 0.1) is 12.1 Å². The number of benzene rings is 2. The van der Waals surface area contributed by atoms with Crippen molar-refractivity contribution in [1.82, 2.24) is 25.3 Å². The molecule has 4 aliphatic heterocycles. The molecule has 0 aliphatic carbocycles. The Labute approximate surface area is 264 Å². The number of nitrogens with zero attached hydrogens (tertiary/aromatic N) is 3. The van der Waals surface area contributed by atoms with Gasteiger partial charge in [0.25, 0.3) is 5.91 Å². The highest BCUT2D eigenvalue weighted by atomic mass is 19.1.